The highest BCUT2D eigenvalue weighted by Crippen LogP contribution is 2.34. The molecule has 0 atom stereocenters. The SMILES string of the molecule is Nc1cc(C(=O)O)c(F)cc1N(CCO)C1CCC1. The molecular weight excluding hydrogens is 251 g/mol. The third kappa shape index (κ3) is 2.63. The Balaban J connectivity index is 2.36. The zero-order valence-electron chi connectivity index (χ0n) is 10.5. The summed E-state index contributed by atoms with van der Waals surface area (Å²) < 4.78 is 13.7. The Kier molecular flexibility index (Phi) is 3.90. The van der Waals surface area contributed by atoms with Gasteiger partial charge < -0.3 is 20.8 Å². The normalized spacial score (nSPS) is 15.1. The van der Waals surface area contributed by atoms with Gasteiger partial charge in [-0.3, -0.25) is 0 Å². The van der Waals surface area contributed by atoms with E-state index in [9.17, 15) is 9.18 Å². The van der Waals surface area contributed by atoms with Gasteiger partial charge in [0.05, 0.1) is 23.5 Å². The summed E-state index contributed by atoms with van der Waals surface area (Å²) in [6, 6.07) is 2.52. The molecule has 104 valence electrons. The molecule has 0 spiro atoms. The maximum Gasteiger partial charge on any atom is 0.338 e. The summed E-state index contributed by atoms with van der Waals surface area (Å²) in [5.41, 5.74) is 6.07. The molecule has 0 radical (unpaired) electrons. The molecule has 1 saturated carbocycles. The molecule has 6 heteroatoms. The molecule has 1 aliphatic rings. The van der Waals surface area contributed by atoms with Gasteiger partial charge in [0.15, 0.2) is 0 Å². The number of anilines is 2. The van der Waals surface area contributed by atoms with Gasteiger partial charge in [0.25, 0.3) is 0 Å². The summed E-state index contributed by atoms with van der Waals surface area (Å²) in [5.74, 6) is -2.15. The molecule has 0 bridgehead atoms. The summed E-state index contributed by atoms with van der Waals surface area (Å²) in [6.45, 7) is 0.305. The van der Waals surface area contributed by atoms with Crippen molar-refractivity contribution in [3.63, 3.8) is 0 Å². The fourth-order valence-corrected chi connectivity index (χ4v) is 2.30. The number of aromatic carboxylic acids is 1. The first-order valence-electron chi connectivity index (χ1n) is 6.24. The van der Waals surface area contributed by atoms with Crippen molar-refractivity contribution in [3.8, 4) is 0 Å². The van der Waals surface area contributed by atoms with Crippen molar-refractivity contribution < 1.29 is 19.4 Å². The molecule has 0 aliphatic heterocycles. The smallest absolute Gasteiger partial charge is 0.338 e. The van der Waals surface area contributed by atoms with E-state index in [-0.39, 0.29) is 18.3 Å². The molecule has 1 aliphatic carbocycles. The van der Waals surface area contributed by atoms with Crippen molar-refractivity contribution in [2.75, 3.05) is 23.8 Å². The number of hydrogen-bond acceptors (Lipinski definition) is 4. The number of aliphatic hydroxyl groups excluding tert-OH is 1. The Labute approximate surface area is 110 Å². The fraction of sp³-hybridized carbons (Fsp3) is 0.462. The van der Waals surface area contributed by atoms with Crippen LogP contribution in [0, 0.1) is 5.82 Å². The molecule has 5 nitrogen and oxygen atoms in total. The zero-order valence-corrected chi connectivity index (χ0v) is 10.5. The molecule has 0 aromatic heterocycles. The number of carbonyl (C=O) groups is 1. The Hall–Kier alpha value is -1.82. The second kappa shape index (κ2) is 5.44. The van der Waals surface area contributed by atoms with Gasteiger partial charge in [0, 0.05) is 18.7 Å². The summed E-state index contributed by atoms with van der Waals surface area (Å²) in [7, 11) is 0. The highest BCUT2D eigenvalue weighted by molar-refractivity contribution is 5.91. The van der Waals surface area contributed by atoms with E-state index in [0.29, 0.717) is 12.2 Å². The van der Waals surface area contributed by atoms with E-state index in [2.05, 4.69) is 0 Å². The summed E-state index contributed by atoms with van der Waals surface area (Å²) in [4.78, 5) is 12.7. The first kappa shape index (κ1) is 13.6. The van der Waals surface area contributed by atoms with Crippen molar-refractivity contribution in [1.82, 2.24) is 0 Å². The summed E-state index contributed by atoms with van der Waals surface area (Å²) in [5, 5.41) is 17.9. The van der Waals surface area contributed by atoms with Crippen LogP contribution < -0.4 is 10.6 Å². The van der Waals surface area contributed by atoms with E-state index in [0.717, 1.165) is 31.4 Å². The Bertz CT molecular complexity index is 489. The molecule has 4 N–H and O–H groups in total. The number of nitrogen functional groups attached to an aromatic ring is 1. The van der Waals surface area contributed by atoms with Gasteiger partial charge in [-0.1, -0.05) is 0 Å². The third-order valence-electron chi connectivity index (χ3n) is 3.51. The highest BCUT2D eigenvalue weighted by atomic mass is 19.1. The van der Waals surface area contributed by atoms with Crippen LogP contribution in [0.4, 0.5) is 15.8 Å². The molecular formula is C13H17FN2O3. The van der Waals surface area contributed by atoms with Crippen molar-refractivity contribution in [2.45, 2.75) is 25.3 Å². The number of carboxylic acid groups (broad SMARTS) is 1. The topological polar surface area (TPSA) is 86.8 Å². The number of aliphatic hydroxyl groups is 1. The van der Waals surface area contributed by atoms with Crippen LogP contribution in [0.15, 0.2) is 12.1 Å². The molecule has 1 aromatic rings. The van der Waals surface area contributed by atoms with Crippen LogP contribution in [-0.2, 0) is 0 Å². The van der Waals surface area contributed by atoms with Crippen molar-refractivity contribution in [1.29, 1.82) is 0 Å². The number of nitrogens with two attached hydrogens (primary N) is 1. The predicted octanol–water partition coefficient (Wildman–Crippen LogP) is 1.46. The van der Waals surface area contributed by atoms with Crippen LogP contribution >= 0.6 is 0 Å². The van der Waals surface area contributed by atoms with E-state index in [1.807, 2.05) is 4.90 Å². The Morgan fingerprint density at radius 3 is 2.63 bits per heavy atom. The average molecular weight is 268 g/mol. The van der Waals surface area contributed by atoms with E-state index >= 15 is 0 Å². The molecule has 0 heterocycles. The maximum atomic E-state index is 13.7. The molecule has 1 aromatic carbocycles. The zero-order chi connectivity index (χ0) is 14.0. The minimum atomic E-state index is -1.34. The first-order valence-corrected chi connectivity index (χ1v) is 6.24. The molecule has 1 fully saturated rings. The molecule has 19 heavy (non-hydrogen) atoms. The lowest BCUT2D eigenvalue weighted by atomic mass is 9.90. The van der Waals surface area contributed by atoms with Crippen LogP contribution in [0.25, 0.3) is 0 Å². The first-order chi connectivity index (χ1) is 9.04. The second-order valence-corrected chi connectivity index (χ2v) is 4.70. The monoisotopic (exact) mass is 268 g/mol. The van der Waals surface area contributed by atoms with Gasteiger partial charge >= 0.3 is 5.97 Å². The second-order valence-electron chi connectivity index (χ2n) is 4.70. The van der Waals surface area contributed by atoms with Gasteiger partial charge in [-0.05, 0) is 25.3 Å². The lowest BCUT2D eigenvalue weighted by Crippen LogP contribution is -2.42. The van der Waals surface area contributed by atoms with Crippen LogP contribution in [0.5, 0.6) is 0 Å². The molecule has 2 rings (SSSR count). The number of nitrogens with zero attached hydrogens (tertiary/aromatic N) is 1. The van der Waals surface area contributed by atoms with Gasteiger partial charge in [-0.25, -0.2) is 9.18 Å². The molecule has 0 amide bonds. The largest absolute Gasteiger partial charge is 0.478 e. The van der Waals surface area contributed by atoms with E-state index in [1.165, 1.54) is 0 Å². The minimum absolute atomic E-state index is 0.0573. The third-order valence-corrected chi connectivity index (χ3v) is 3.51. The van der Waals surface area contributed by atoms with Crippen molar-refractivity contribution in [2.24, 2.45) is 0 Å². The van der Waals surface area contributed by atoms with Crippen molar-refractivity contribution >= 4 is 17.3 Å². The van der Waals surface area contributed by atoms with Crippen LogP contribution in [-0.4, -0.2) is 35.4 Å². The summed E-state index contributed by atoms with van der Waals surface area (Å²) in [6.07, 6.45) is 3.05. The van der Waals surface area contributed by atoms with Gasteiger partial charge in [-0.2, -0.15) is 0 Å². The molecule has 0 saturated heterocycles. The van der Waals surface area contributed by atoms with Gasteiger partial charge in [0.2, 0.25) is 0 Å². The fourth-order valence-electron chi connectivity index (χ4n) is 2.30. The summed E-state index contributed by atoms with van der Waals surface area (Å²) >= 11 is 0. The lowest BCUT2D eigenvalue weighted by molar-refractivity contribution is 0.0692. The van der Waals surface area contributed by atoms with Crippen LogP contribution in [0.1, 0.15) is 29.6 Å². The minimum Gasteiger partial charge on any atom is -0.478 e. The number of halogens is 1. The Morgan fingerprint density at radius 1 is 1.47 bits per heavy atom. The quantitative estimate of drug-likeness (QED) is 0.704. The lowest BCUT2D eigenvalue weighted by Gasteiger charge is -2.39. The standard InChI is InChI=1S/C13H17FN2O3/c14-10-7-12(11(15)6-9(10)13(18)19)16(4-5-17)8-2-1-3-8/h6-8,17H,1-5,15H2,(H,18,19). The van der Waals surface area contributed by atoms with E-state index < -0.39 is 17.3 Å². The number of hydrogen-bond donors (Lipinski definition) is 3. The van der Waals surface area contributed by atoms with Gasteiger partial charge in [0.1, 0.15) is 5.82 Å². The number of carboxylic acids is 1. The maximum absolute atomic E-state index is 13.7. The number of rotatable bonds is 5. The Morgan fingerprint density at radius 2 is 2.16 bits per heavy atom. The van der Waals surface area contributed by atoms with E-state index in [1.54, 1.807) is 0 Å². The van der Waals surface area contributed by atoms with Crippen LogP contribution in [0.3, 0.4) is 0 Å². The molecule has 0 unspecified atom stereocenters. The predicted molar refractivity (Wildman–Crippen MR) is 69.8 cm³/mol. The van der Waals surface area contributed by atoms with E-state index in [4.69, 9.17) is 15.9 Å². The number of benzene rings is 1. The van der Waals surface area contributed by atoms with Crippen molar-refractivity contribution in [3.05, 3.63) is 23.5 Å². The van der Waals surface area contributed by atoms with Crippen LogP contribution in [0.2, 0.25) is 0 Å². The average Bonchev–Trinajstić information content (AvgIpc) is 2.28. The van der Waals surface area contributed by atoms with Gasteiger partial charge in [-0.15, -0.1) is 0 Å². The highest BCUT2D eigenvalue weighted by Gasteiger charge is 2.27.